The second-order valence-electron chi connectivity index (χ2n) is 3.89. The van der Waals surface area contributed by atoms with Crippen molar-refractivity contribution in [2.24, 2.45) is 0 Å². The lowest BCUT2D eigenvalue weighted by atomic mass is 10.1. The molecule has 0 heterocycles. The number of nitrogen functional groups attached to an aromatic ring is 1. The highest BCUT2D eigenvalue weighted by atomic mass is 19.2. The summed E-state index contributed by atoms with van der Waals surface area (Å²) in [6, 6.07) is 1.33. The van der Waals surface area contributed by atoms with Crippen molar-refractivity contribution < 1.29 is 18.3 Å². The Bertz CT molecular complexity index is 438. The molecule has 4 nitrogen and oxygen atoms in total. The fourth-order valence-electron chi connectivity index (χ4n) is 1.40. The molecule has 1 rings (SSSR count). The SMILES string of the molecule is CCOCC(C)NC(=O)c1cc(F)c(F)cc1N. The first-order valence-corrected chi connectivity index (χ1v) is 5.58. The number of hydrogen-bond acceptors (Lipinski definition) is 3. The van der Waals surface area contributed by atoms with E-state index in [0.29, 0.717) is 13.2 Å². The molecule has 100 valence electrons. The van der Waals surface area contributed by atoms with E-state index >= 15 is 0 Å². The van der Waals surface area contributed by atoms with Crippen molar-refractivity contribution in [2.45, 2.75) is 19.9 Å². The molecule has 0 radical (unpaired) electrons. The minimum atomic E-state index is -1.10. The normalized spacial score (nSPS) is 12.2. The van der Waals surface area contributed by atoms with E-state index in [0.717, 1.165) is 12.1 Å². The number of halogens is 2. The minimum absolute atomic E-state index is 0.0859. The molecule has 6 heteroatoms. The van der Waals surface area contributed by atoms with Crippen molar-refractivity contribution in [2.75, 3.05) is 18.9 Å². The summed E-state index contributed by atoms with van der Waals surface area (Å²) in [5.74, 6) is -2.74. The van der Waals surface area contributed by atoms with Crippen molar-refractivity contribution in [3.63, 3.8) is 0 Å². The van der Waals surface area contributed by atoms with Gasteiger partial charge in [0.15, 0.2) is 11.6 Å². The summed E-state index contributed by atoms with van der Waals surface area (Å²) >= 11 is 0. The van der Waals surface area contributed by atoms with E-state index in [1.807, 2.05) is 6.92 Å². The number of carbonyl (C=O) groups is 1. The van der Waals surface area contributed by atoms with E-state index in [9.17, 15) is 13.6 Å². The van der Waals surface area contributed by atoms with E-state index in [1.54, 1.807) is 6.92 Å². The van der Waals surface area contributed by atoms with Crippen LogP contribution in [0.25, 0.3) is 0 Å². The molecule has 0 aliphatic carbocycles. The Morgan fingerprint density at radius 3 is 2.67 bits per heavy atom. The number of rotatable bonds is 5. The zero-order chi connectivity index (χ0) is 13.7. The third kappa shape index (κ3) is 3.66. The summed E-state index contributed by atoms with van der Waals surface area (Å²) in [5, 5.41) is 2.59. The number of benzene rings is 1. The van der Waals surface area contributed by atoms with Crippen LogP contribution in [0.2, 0.25) is 0 Å². The Labute approximate surface area is 104 Å². The highest BCUT2D eigenvalue weighted by Gasteiger charge is 2.16. The van der Waals surface area contributed by atoms with Crippen LogP contribution in [0.4, 0.5) is 14.5 Å². The van der Waals surface area contributed by atoms with Gasteiger partial charge in [0.1, 0.15) is 0 Å². The summed E-state index contributed by atoms with van der Waals surface area (Å²) in [6.45, 7) is 4.45. The molecule has 0 saturated heterocycles. The molecule has 0 spiro atoms. The summed E-state index contributed by atoms with van der Waals surface area (Å²) < 4.78 is 31.0. The highest BCUT2D eigenvalue weighted by Crippen LogP contribution is 2.17. The van der Waals surface area contributed by atoms with Gasteiger partial charge in [0.2, 0.25) is 0 Å². The van der Waals surface area contributed by atoms with Gasteiger partial charge in [0.05, 0.1) is 12.2 Å². The van der Waals surface area contributed by atoms with E-state index < -0.39 is 17.5 Å². The predicted molar refractivity (Wildman–Crippen MR) is 64.2 cm³/mol. The molecule has 0 bridgehead atoms. The van der Waals surface area contributed by atoms with Gasteiger partial charge < -0.3 is 15.8 Å². The lowest BCUT2D eigenvalue weighted by molar-refractivity contribution is 0.0872. The zero-order valence-electron chi connectivity index (χ0n) is 10.3. The van der Waals surface area contributed by atoms with Crippen LogP contribution >= 0.6 is 0 Å². The van der Waals surface area contributed by atoms with Crippen LogP contribution in [0.5, 0.6) is 0 Å². The first-order valence-electron chi connectivity index (χ1n) is 5.58. The molecule has 1 aromatic carbocycles. The van der Waals surface area contributed by atoms with Crippen LogP contribution in [0, 0.1) is 11.6 Å². The van der Waals surface area contributed by atoms with Gasteiger partial charge >= 0.3 is 0 Å². The second-order valence-corrected chi connectivity index (χ2v) is 3.89. The molecule has 1 amide bonds. The number of amides is 1. The van der Waals surface area contributed by atoms with Crippen molar-refractivity contribution >= 4 is 11.6 Å². The Morgan fingerprint density at radius 2 is 2.06 bits per heavy atom. The second kappa shape index (κ2) is 6.30. The van der Waals surface area contributed by atoms with Crippen molar-refractivity contribution in [3.8, 4) is 0 Å². The van der Waals surface area contributed by atoms with Gasteiger partial charge in [-0.3, -0.25) is 4.79 Å². The van der Waals surface area contributed by atoms with Crippen LogP contribution in [0.1, 0.15) is 24.2 Å². The average molecular weight is 258 g/mol. The van der Waals surface area contributed by atoms with E-state index in [2.05, 4.69) is 5.32 Å². The van der Waals surface area contributed by atoms with E-state index in [1.165, 1.54) is 0 Å². The highest BCUT2D eigenvalue weighted by molar-refractivity contribution is 5.99. The maximum Gasteiger partial charge on any atom is 0.253 e. The Morgan fingerprint density at radius 1 is 1.44 bits per heavy atom. The smallest absolute Gasteiger partial charge is 0.253 e. The number of hydrogen-bond donors (Lipinski definition) is 2. The maximum atomic E-state index is 13.0. The average Bonchev–Trinajstić information content (AvgIpc) is 2.31. The van der Waals surface area contributed by atoms with Crippen molar-refractivity contribution in [1.82, 2.24) is 5.32 Å². The Kier molecular flexibility index (Phi) is 5.03. The molecule has 0 aliphatic rings. The van der Waals surface area contributed by atoms with Gasteiger partial charge in [-0.2, -0.15) is 0 Å². The maximum absolute atomic E-state index is 13.0. The Hall–Kier alpha value is -1.69. The fraction of sp³-hybridized carbons (Fsp3) is 0.417. The number of ether oxygens (including phenoxy) is 1. The number of nitrogens with one attached hydrogen (secondary N) is 1. The van der Waals surface area contributed by atoms with E-state index in [4.69, 9.17) is 10.5 Å². The van der Waals surface area contributed by atoms with Gasteiger partial charge in [-0.05, 0) is 19.9 Å². The molecule has 0 saturated carbocycles. The largest absolute Gasteiger partial charge is 0.398 e. The standard InChI is InChI=1S/C12H16F2N2O2/c1-3-18-6-7(2)16-12(17)8-4-9(13)10(14)5-11(8)15/h4-5,7H,3,6,15H2,1-2H3,(H,16,17). The first kappa shape index (κ1) is 14.4. The quantitative estimate of drug-likeness (QED) is 0.790. The number of nitrogens with two attached hydrogens (primary N) is 1. The lowest BCUT2D eigenvalue weighted by Crippen LogP contribution is -2.36. The molecular weight excluding hydrogens is 242 g/mol. The zero-order valence-corrected chi connectivity index (χ0v) is 10.3. The fourth-order valence-corrected chi connectivity index (χ4v) is 1.40. The number of carbonyl (C=O) groups excluding carboxylic acids is 1. The van der Waals surface area contributed by atoms with Crippen LogP contribution < -0.4 is 11.1 Å². The third-order valence-electron chi connectivity index (χ3n) is 2.29. The van der Waals surface area contributed by atoms with Gasteiger partial charge in [-0.1, -0.05) is 0 Å². The molecular formula is C12H16F2N2O2. The van der Waals surface area contributed by atoms with E-state index in [-0.39, 0.29) is 17.3 Å². The molecule has 1 unspecified atom stereocenters. The molecule has 3 N–H and O–H groups in total. The molecule has 0 aromatic heterocycles. The topological polar surface area (TPSA) is 64.3 Å². The molecule has 1 atom stereocenters. The first-order chi connectivity index (χ1) is 8.45. The molecule has 1 aromatic rings. The Balaban J connectivity index is 2.75. The summed E-state index contributed by atoms with van der Waals surface area (Å²) in [6.07, 6.45) is 0. The summed E-state index contributed by atoms with van der Waals surface area (Å²) in [4.78, 5) is 11.8. The van der Waals surface area contributed by atoms with Gasteiger partial charge in [0.25, 0.3) is 5.91 Å². The van der Waals surface area contributed by atoms with Gasteiger partial charge in [0, 0.05) is 24.4 Å². The minimum Gasteiger partial charge on any atom is -0.398 e. The van der Waals surface area contributed by atoms with Crippen molar-refractivity contribution in [1.29, 1.82) is 0 Å². The molecule has 18 heavy (non-hydrogen) atoms. The summed E-state index contributed by atoms with van der Waals surface area (Å²) in [5.41, 5.74) is 5.28. The monoisotopic (exact) mass is 258 g/mol. The van der Waals surface area contributed by atoms with Gasteiger partial charge in [-0.25, -0.2) is 8.78 Å². The van der Waals surface area contributed by atoms with Crippen LogP contribution in [0.3, 0.4) is 0 Å². The van der Waals surface area contributed by atoms with Crippen LogP contribution in [-0.2, 0) is 4.74 Å². The van der Waals surface area contributed by atoms with Gasteiger partial charge in [-0.15, -0.1) is 0 Å². The van der Waals surface area contributed by atoms with Crippen molar-refractivity contribution in [3.05, 3.63) is 29.3 Å². The van der Waals surface area contributed by atoms with Crippen LogP contribution in [0.15, 0.2) is 12.1 Å². The third-order valence-corrected chi connectivity index (χ3v) is 2.29. The van der Waals surface area contributed by atoms with Crippen LogP contribution in [-0.4, -0.2) is 25.2 Å². The predicted octanol–water partition coefficient (Wildman–Crippen LogP) is 1.70. The molecule has 0 fully saturated rings. The number of anilines is 1. The summed E-state index contributed by atoms with van der Waals surface area (Å²) in [7, 11) is 0. The molecule has 0 aliphatic heterocycles. The lowest BCUT2D eigenvalue weighted by Gasteiger charge is -2.14.